The molecule has 0 aliphatic carbocycles. The lowest BCUT2D eigenvalue weighted by atomic mass is 10.1. The molecule has 2 aromatic rings. The predicted octanol–water partition coefficient (Wildman–Crippen LogP) is 2.30. The summed E-state index contributed by atoms with van der Waals surface area (Å²) < 4.78 is 26.4. The van der Waals surface area contributed by atoms with Crippen molar-refractivity contribution < 1.29 is 18.7 Å². The summed E-state index contributed by atoms with van der Waals surface area (Å²) in [6, 6.07) is 10.1. The number of halogens is 2. The van der Waals surface area contributed by atoms with Crippen molar-refractivity contribution in [2.45, 2.75) is 6.54 Å². The van der Waals surface area contributed by atoms with Gasteiger partial charge in [-0.2, -0.15) is 0 Å². The summed E-state index contributed by atoms with van der Waals surface area (Å²) in [5.41, 5.74) is 1.40. The van der Waals surface area contributed by atoms with Crippen molar-refractivity contribution in [2.75, 3.05) is 18.5 Å². The van der Waals surface area contributed by atoms with Gasteiger partial charge in [0.05, 0.1) is 6.61 Å². The van der Waals surface area contributed by atoms with E-state index in [1.54, 1.807) is 24.3 Å². The summed E-state index contributed by atoms with van der Waals surface area (Å²) in [7, 11) is 0. The molecule has 4 nitrogen and oxygen atoms in total. The van der Waals surface area contributed by atoms with Crippen molar-refractivity contribution in [3.8, 4) is 0 Å². The Morgan fingerprint density at radius 3 is 2.68 bits per heavy atom. The van der Waals surface area contributed by atoms with Gasteiger partial charge in [0.25, 0.3) is 5.91 Å². The number of aliphatic hydroxyl groups is 1. The minimum absolute atomic E-state index is 0.131. The van der Waals surface area contributed by atoms with Crippen molar-refractivity contribution >= 4 is 11.6 Å². The van der Waals surface area contributed by atoms with Gasteiger partial charge in [0.15, 0.2) is 0 Å². The van der Waals surface area contributed by atoms with Gasteiger partial charge in [0.1, 0.15) is 11.6 Å². The molecular weight excluding hydrogens is 290 g/mol. The van der Waals surface area contributed by atoms with Gasteiger partial charge >= 0.3 is 0 Å². The Morgan fingerprint density at radius 1 is 1.14 bits per heavy atom. The van der Waals surface area contributed by atoms with Gasteiger partial charge in [0.2, 0.25) is 0 Å². The zero-order valence-electron chi connectivity index (χ0n) is 11.8. The molecule has 0 aromatic heterocycles. The Balaban J connectivity index is 2.02. The number of carbonyl (C=O) groups excluding carboxylic acids is 1. The van der Waals surface area contributed by atoms with Crippen LogP contribution >= 0.6 is 0 Å². The number of hydrogen-bond donors (Lipinski definition) is 3. The van der Waals surface area contributed by atoms with Gasteiger partial charge < -0.3 is 15.7 Å². The zero-order valence-corrected chi connectivity index (χ0v) is 11.8. The smallest absolute Gasteiger partial charge is 0.251 e. The number of rotatable bonds is 6. The maximum Gasteiger partial charge on any atom is 0.251 e. The second-order valence-electron chi connectivity index (χ2n) is 4.65. The standard InChI is InChI=1S/C16H16F2N2O2/c17-13-5-4-12(15(18)9-13)10-20-14-3-1-2-11(8-14)16(22)19-6-7-21/h1-5,8-9,20-21H,6-7,10H2,(H,19,22). The van der Waals surface area contributed by atoms with Crippen LogP contribution in [0.4, 0.5) is 14.5 Å². The average molecular weight is 306 g/mol. The molecule has 1 amide bonds. The topological polar surface area (TPSA) is 61.4 Å². The van der Waals surface area contributed by atoms with Gasteiger partial charge in [0, 0.05) is 36.0 Å². The first-order chi connectivity index (χ1) is 10.6. The quantitative estimate of drug-likeness (QED) is 0.767. The van der Waals surface area contributed by atoms with E-state index in [1.165, 1.54) is 12.1 Å². The van der Waals surface area contributed by atoms with E-state index in [0.717, 1.165) is 6.07 Å². The molecule has 0 radical (unpaired) electrons. The van der Waals surface area contributed by atoms with Crippen LogP contribution in [-0.4, -0.2) is 24.2 Å². The van der Waals surface area contributed by atoms with Gasteiger partial charge in [-0.15, -0.1) is 0 Å². The predicted molar refractivity (Wildman–Crippen MR) is 79.5 cm³/mol. The molecule has 6 heteroatoms. The van der Waals surface area contributed by atoms with E-state index in [2.05, 4.69) is 10.6 Å². The van der Waals surface area contributed by atoms with E-state index in [4.69, 9.17) is 5.11 Å². The Hall–Kier alpha value is -2.47. The van der Waals surface area contributed by atoms with Crippen molar-refractivity contribution in [1.29, 1.82) is 0 Å². The fraction of sp³-hybridized carbons (Fsp3) is 0.188. The van der Waals surface area contributed by atoms with Crippen LogP contribution in [0.25, 0.3) is 0 Å². The molecule has 0 saturated heterocycles. The highest BCUT2D eigenvalue weighted by atomic mass is 19.1. The third kappa shape index (κ3) is 4.26. The van der Waals surface area contributed by atoms with Crippen LogP contribution in [0.2, 0.25) is 0 Å². The van der Waals surface area contributed by atoms with Crippen molar-refractivity contribution in [1.82, 2.24) is 5.32 Å². The molecular formula is C16H16F2N2O2. The van der Waals surface area contributed by atoms with Gasteiger partial charge in [-0.05, 0) is 24.3 Å². The molecule has 22 heavy (non-hydrogen) atoms. The van der Waals surface area contributed by atoms with Crippen LogP contribution in [0.5, 0.6) is 0 Å². The molecule has 0 saturated carbocycles. The van der Waals surface area contributed by atoms with E-state index in [0.29, 0.717) is 16.8 Å². The first kappa shape index (κ1) is 15.9. The number of benzene rings is 2. The van der Waals surface area contributed by atoms with E-state index >= 15 is 0 Å². The lowest BCUT2D eigenvalue weighted by Crippen LogP contribution is -2.26. The average Bonchev–Trinajstić information content (AvgIpc) is 2.52. The normalized spacial score (nSPS) is 10.3. The number of amides is 1. The minimum Gasteiger partial charge on any atom is -0.395 e. The third-order valence-electron chi connectivity index (χ3n) is 3.02. The maximum atomic E-state index is 13.5. The molecule has 0 atom stereocenters. The van der Waals surface area contributed by atoms with Gasteiger partial charge in [-0.1, -0.05) is 12.1 Å². The lowest BCUT2D eigenvalue weighted by molar-refractivity contribution is 0.0945. The summed E-state index contributed by atoms with van der Waals surface area (Å²) in [6.45, 7) is 0.221. The lowest BCUT2D eigenvalue weighted by Gasteiger charge is -2.09. The Bertz CT molecular complexity index is 662. The van der Waals surface area contributed by atoms with Crippen molar-refractivity contribution in [3.05, 3.63) is 65.2 Å². The maximum absolute atomic E-state index is 13.5. The summed E-state index contributed by atoms with van der Waals surface area (Å²) in [5.74, 6) is -1.54. The Kier molecular flexibility index (Phi) is 5.43. The second kappa shape index (κ2) is 7.51. The number of carbonyl (C=O) groups is 1. The number of hydrogen-bond acceptors (Lipinski definition) is 3. The van der Waals surface area contributed by atoms with Crippen LogP contribution < -0.4 is 10.6 Å². The number of anilines is 1. The van der Waals surface area contributed by atoms with Crippen LogP contribution in [0.15, 0.2) is 42.5 Å². The molecule has 3 N–H and O–H groups in total. The monoisotopic (exact) mass is 306 g/mol. The Morgan fingerprint density at radius 2 is 1.95 bits per heavy atom. The third-order valence-corrected chi connectivity index (χ3v) is 3.02. The molecule has 0 aliphatic rings. The molecule has 2 aromatic carbocycles. The Labute approximate surface area is 126 Å². The highest BCUT2D eigenvalue weighted by Crippen LogP contribution is 2.14. The highest BCUT2D eigenvalue weighted by Gasteiger charge is 2.07. The summed E-state index contributed by atoms with van der Waals surface area (Å²) in [6.07, 6.45) is 0. The molecule has 0 aliphatic heterocycles. The van der Waals surface area contributed by atoms with Crippen molar-refractivity contribution in [3.63, 3.8) is 0 Å². The summed E-state index contributed by atoms with van der Waals surface area (Å²) in [4.78, 5) is 11.8. The summed E-state index contributed by atoms with van der Waals surface area (Å²) >= 11 is 0. The van der Waals surface area contributed by atoms with Crippen LogP contribution in [0, 0.1) is 11.6 Å². The fourth-order valence-corrected chi connectivity index (χ4v) is 1.90. The number of aliphatic hydroxyl groups excluding tert-OH is 1. The van der Waals surface area contributed by atoms with E-state index in [1.807, 2.05) is 0 Å². The SMILES string of the molecule is O=C(NCCO)c1cccc(NCc2ccc(F)cc2F)c1. The summed E-state index contributed by atoms with van der Waals surface area (Å²) in [5, 5.41) is 14.2. The molecule has 116 valence electrons. The van der Waals surface area contributed by atoms with E-state index in [-0.39, 0.29) is 25.6 Å². The molecule has 0 heterocycles. The van der Waals surface area contributed by atoms with Crippen LogP contribution in [0.1, 0.15) is 15.9 Å². The highest BCUT2D eigenvalue weighted by molar-refractivity contribution is 5.95. The zero-order chi connectivity index (χ0) is 15.9. The molecule has 0 unspecified atom stereocenters. The number of nitrogens with one attached hydrogen (secondary N) is 2. The first-order valence-corrected chi connectivity index (χ1v) is 6.77. The van der Waals surface area contributed by atoms with Crippen LogP contribution in [0.3, 0.4) is 0 Å². The fourth-order valence-electron chi connectivity index (χ4n) is 1.90. The molecule has 0 fully saturated rings. The van der Waals surface area contributed by atoms with Crippen molar-refractivity contribution in [2.24, 2.45) is 0 Å². The molecule has 0 bridgehead atoms. The second-order valence-corrected chi connectivity index (χ2v) is 4.65. The van der Waals surface area contributed by atoms with E-state index < -0.39 is 11.6 Å². The van der Waals surface area contributed by atoms with Gasteiger partial charge in [-0.25, -0.2) is 8.78 Å². The minimum atomic E-state index is -0.621. The largest absolute Gasteiger partial charge is 0.395 e. The van der Waals surface area contributed by atoms with Gasteiger partial charge in [-0.3, -0.25) is 4.79 Å². The first-order valence-electron chi connectivity index (χ1n) is 6.77. The van der Waals surface area contributed by atoms with E-state index in [9.17, 15) is 13.6 Å². The molecule has 0 spiro atoms. The van der Waals surface area contributed by atoms with Crippen LogP contribution in [-0.2, 0) is 6.54 Å². The molecule has 2 rings (SSSR count).